The number of carboxylic acids is 1. The minimum atomic E-state index is -1.14. The quantitative estimate of drug-likeness (QED) is 0.0442. The summed E-state index contributed by atoms with van der Waals surface area (Å²) in [5.41, 5.74) is 12.8. The number of aliphatic hydroxyl groups is 1. The van der Waals surface area contributed by atoms with Crippen molar-refractivity contribution < 1.29 is 62.6 Å². The van der Waals surface area contributed by atoms with Crippen LogP contribution in [-0.4, -0.2) is 125 Å². The molecule has 0 bridgehead atoms. The van der Waals surface area contributed by atoms with Gasteiger partial charge in [0.25, 0.3) is 17.0 Å². The zero-order valence-electron chi connectivity index (χ0n) is 58.1. The van der Waals surface area contributed by atoms with E-state index in [0.717, 1.165) is 50.1 Å². The van der Waals surface area contributed by atoms with Crippen LogP contribution in [0.3, 0.4) is 0 Å². The number of nitrogens with zero attached hydrogens (tertiary/aromatic N) is 9. The molecule has 0 spiro atoms. The van der Waals surface area contributed by atoms with E-state index in [1.165, 1.54) is 106 Å². The number of aromatic nitrogens is 9. The third kappa shape index (κ3) is 31.0. The number of aliphatic hydroxyl groups excluding tert-OH is 1. The highest BCUT2D eigenvalue weighted by Gasteiger charge is 2.21. The third-order valence-corrected chi connectivity index (χ3v) is 16.3. The molecule has 0 saturated carbocycles. The number of nitrogens with one attached hydrogen (secondary N) is 3. The lowest BCUT2D eigenvalue weighted by Crippen LogP contribution is -2.27. The monoisotopic (exact) mass is 1500 g/mol. The number of nitrogens with two attached hydrogens (primary N) is 2. The highest BCUT2D eigenvalue weighted by atomic mass is 32.1. The molecule has 0 aliphatic carbocycles. The minimum Gasteiger partial charge on any atom is -0.497 e. The van der Waals surface area contributed by atoms with E-state index in [1.54, 1.807) is 122 Å². The summed E-state index contributed by atoms with van der Waals surface area (Å²) in [6.07, 6.45) is 8.84. The summed E-state index contributed by atoms with van der Waals surface area (Å²) < 4.78 is 32.7. The second-order valence-corrected chi connectivity index (χ2v) is 27.7. The van der Waals surface area contributed by atoms with Crippen LogP contribution in [0, 0.1) is 0 Å². The van der Waals surface area contributed by atoms with Gasteiger partial charge in [0.15, 0.2) is 31.4 Å². The Morgan fingerprint density at radius 3 is 1.50 bits per heavy atom. The maximum absolute atomic E-state index is 12.2. The molecule has 1 atom stereocenters. The fourth-order valence-corrected chi connectivity index (χ4v) is 11.0. The van der Waals surface area contributed by atoms with Crippen LogP contribution in [0.1, 0.15) is 110 Å². The Kier molecular flexibility index (Phi) is 33.1. The molecule has 0 aliphatic heterocycles. The second-order valence-electron chi connectivity index (χ2n) is 22.6. The fourth-order valence-electron chi connectivity index (χ4n) is 7.68. The lowest BCUT2D eigenvalue weighted by molar-refractivity contribution is 0.0624. The molecular weight excluding hydrogens is 1430 g/mol. The van der Waals surface area contributed by atoms with Gasteiger partial charge in [0, 0.05) is 96.1 Å². The van der Waals surface area contributed by atoms with Gasteiger partial charge in [0.2, 0.25) is 0 Å². The Balaban J connectivity index is 0.000000225. The van der Waals surface area contributed by atoms with Gasteiger partial charge in [-0.1, -0.05) is 59.9 Å². The van der Waals surface area contributed by atoms with Crippen molar-refractivity contribution in [2.75, 3.05) is 55.9 Å². The predicted octanol–water partition coefficient (Wildman–Crippen LogP) is 12.2. The number of anilines is 5. The number of carboxylic acid groups (broad SMARTS) is 1. The third-order valence-electron chi connectivity index (χ3n) is 12.3. The normalized spacial score (nSPS) is 10.6. The largest absolute Gasteiger partial charge is 0.497 e. The zero-order chi connectivity index (χ0) is 75.7. The fraction of sp³-hybridized carbons (Fsp3) is 0.246. The molecular formula is C69H78N14O15S5. The number of rotatable bonds is 16. The van der Waals surface area contributed by atoms with Gasteiger partial charge in [0.1, 0.15) is 52.3 Å². The van der Waals surface area contributed by atoms with Crippen molar-refractivity contribution in [2.24, 2.45) is 14.1 Å². The number of amides is 3. The van der Waals surface area contributed by atoms with Crippen LogP contribution in [0.4, 0.5) is 35.2 Å². The van der Waals surface area contributed by atoms with Crippen LogP contribution in [0.15, 0.2) is 173 Å². The van der Waals surface area contributed by atoms with Crippen LogP contribution in [0.2, 0.25) is 0 Å². The molecule has 0 aliphatic rings. The number of aromatic carboxylic acids is 1. The molecule has 34 heteroatoms. The van der Waals surface area contributed by atoms with Crippen LogP contribution in [0.25, 0.3) is 0 Å². The van der Waals surface area contributed by atoms with E-state index in [-0.39, 0.29) is 22.5 Å². The Bertz CT molecular complexity index is 4590. The van der Waals surface area contributed by atoms with Crippen molar-refractivity contribution in [3.8, 4) is 23.0 Å². The van der Waals surface area contributed by atoms with E-state index >= 15 is 0 Å². The van der Waals surface area contributed by atoms with E-state index < -0.39 is 41.4 Å². The topological polar surface area (TPSA) is 404 Å². The van der Waals surface area contributed by atoms with Gasteiger partial charge in [-0.3, -0.25) is 35.1 Å². The van der Waals surface area contributed by atoms with Crippen LogP contribution < -0.4 is 57.5 Å². The zero-order valence-corrected chi connectivity index (χ0v) is 62.2. The summed E-state index contributed by atoms with van der Waals surface area (Å²) >= 11 is 6.90. The van der Waals surface area contributed by atoms with Gasteiger partial charge in [0.05, 0.1) is 33.3 Å². The maximum atomic E-state index is 12.2. The molecule has 9 N–H and O–H groups in total. The number of hydrogen-bond donors (Lipinski definition) is 7. The van der Waals surface area contributed by atoms with E-state index in [9.17, 15) is 38.7 Å². The van der Waals surface area contributed by atoms with Crippen LogP contribution >= 0.6 is 56.7 Å². The van der Waals surface area contributed by atoms with Crippen LogP contribution in [0.5, 0.6) is 23.0 Å². The molecule has 11 aromatic rings. The predicted molar refractivity (Wildman–Crippen MR) is 400 cm³/mol. The number of methoxy groups -OCH3 is 4. The molecule has 4 aromatic carbocycles. The van der Waals surface area contributed by atoms with Crippen molar-refractivity contribution in [3.05, 3.63) is 232 Å². The summed E-state index contributed by atoms with van der Waals surface area (Å²) in [6.45, 7) is 10.8. The first-order chi connectivity index (χ1) is 48.9. The molecule has 1 unspecified atom stereocenters. The molecule has 0 fully saturated rings. The number of hydrogen-bond acceptors (Lipinski definition) is 28. The lowest BCUT2D eigenvalue weighted by atomic mass is 10.1. The van der Waals surface area contributed by atoms with Crippen molar-refractivity contribution in [3.63, 3.8) is 0 Å². The highest BCUT2D eigenvalue weighted by molar-refractivity contribution is 7.16. The van der Waals surface area contributed by atoms with Crippen molar-refractivity contribution in [1.82, 2.24) is 44.5 Å². The number of aldehydes is 1. The van der Waals surface area contributed by atoms with E-state index in [1.807, 2.05) is 74.8 Å². The van der Waals surface area contributed by atoms with Crippen molar-refractivity contribution in [2.45, 2.75) is 71.7 Å². The molecule has 0 saturated heterocycles. The van der Waals surface area contributed by atoms with E-state index in [0.29, 0.717) is 59.6 Å². The van der Waals surface area contributed by atoms with Gasteiger partial charge in [-0.25, -0.2) is 48.7 Å². The maximum Gasteiger partial charge on any atom is 0.413 e. The molecule has 103 heavy (non-hydrogen) atoms. The average molecular weight is 1500 g/mol. The molecule has 7 heterocycles. The van der Waals surface area contributed by atoms with Gasteiger partial charge >= 0.3 is 18.2 Å². The summed E-state index contributed by atoms with van der Waals surface area (Å²) in [6, 6.07) is 35.0. The van der Waals surface area contributed by atoms with Gasteiger partial charge < -0.3 is 50.1 Å². The van der Waals surface area contributed by atoms with E-state index in [2.05, 4.69) is 57.1 Å². The van der Waals surface area contributed by atoms with Crippen molar-refractivity contribution in [1.29, 1.82) is 0 Å². The summed E-state index contributed by atoms with van der Waals surface area (Å²) in [7, 11) is 9.34. The first-order valence-electron chi connectivity index (χ1n) is 30.4. The summed E-state index contributed by atoms with van der Waals surface area (Å²) in [4.78, 5) is 100. The van der Waals surface area contributed by atoms with Gasteiger partial charge in [-0.05, 0) is 119 Å². The Labute approximate surface area is 612 Å². The number of thiazole rings is 5. The summed E-state index contributed by atoms with van der Waals surface area (Å²) in [5.74, 6) is 1.52. The molecule has 3 amide bonds. The number of ether oxygens (including phenoxy) is 6. The smallest absolute Gasteiger partial charge is 0.413 e. The first-order valence-corrected chi connectivity index (χ1v) is 34.6. The highest BCUT2D eigenvalue weighted by Crippen LogP contribution is 2.31. The SMILES string of the molecule is CC(C)(C)OC(=O)Nc1nccs1.COc1cccc(C(O)c2cnc(NC(=O)OC(C)(C)C)s2)c1.COc1cccc(C=O)c1.COc1cccc(Cc2cnc(N)s2)c1.COc1cccc(Cc2cnc(NC(=O)c3ccc(=O)n(C)n3)s2)c1.Cn1nc(C(=O)O)ccc1=O.Nc1nccs1. The molecule has 29 nitrogen and oxygen atoms in total. The number of benzene rings is 4. The Morgan fingerprint density at radius 1 is 0.544 bits per heavy atom. The standard InChI is InChI=1S/C17H16N4O3S.C16H20N2O4S.C11H12N2OS.C8H12N2O2S.C8H8O2.C6H6N2O3.C3H4N2S/c1-21-15(22)7-6-14(20-21)16(23)19-17-18-10-13(25-17)9-11-4-3-5-12(8-11)24-2;1-16(2,3)22-15(20)18-14-17-9-12(23-14)13(19)10-6-5-7-11(8-10)21-4;1-14-9-4-2-3-8(5-9)6-10-7-13-11(12)15-10;1-8(2,3)12-7(11)10-6-9-4-5-13-6;1-10-8-4-2-3-7(5-8)6-9;1-8-5(9)3-2-4(7-8)6(10)11;4-3-5-1-2-6-3/h3-8,10H,9H2,1-2H3,(H,18,19,23);5-9,13,19H,1-4H3,(H,17,18,20);2-5,7H,6H2,1H3,(H2,12,13);4-5H,1-3H3,(H,9,10,11);2-6H,1H3;2-3H,1H3,(H,10,11);1-2H,(H2,4,5). The number of aryl methyl sites for hydroxylation is 2. The minimum absolute atomic E-state index is 0.132. The molecule has 11 rings (SSSR count). The molecule has 7 aromatic heterocycles. The summed E-state index contributed by atoms with van der Waals surface area (Å²) in [5, 5.41) is 40.3. The number of carbonyl (C=O) groups excluding carboxylic acids is 4. The Hall–Kier alpha value is -11.3. The lowest BCUT2D eigenvalue weighted by Gasteiger charge is -2.18. The number of carbonyl (C=O) groups is 5. The molecule has 0 radical (unpaired) electrons. The number of nitrogen functional groups attached to an aromatic ring is 2. The second kappa shape index (κ2) is 41.4. The first kappa shape index (κ1) is 82.4. The average Bonchev–Trinajstić information content (AvgIpc) is 1.84. The van der Waals surface area contributed by atoms with Gasteiger partial charge in [-0.15, -0.1) is 45.3 Å². The van der Waals surface area contributed by atoms with E-state index in [4.69, 9.17) is 45.0 Å². The van der Waals surface area contributed by atoms with Gasteiger partial charge in [-0.2, -0.15) is 10.2 Å². The van der Waals surface area contributed by atoms with Crippen LogP contribution in [-0.2, 0) is 36.4 Å². The Morgan fingerprint density at radius 2 is 1.02 bits per heavy atom. The van der Waals surface area contributed by atoms with Crippen molar-refractivity contribution >= 4 is 113 Å². The molecule has 544 valence electrons.